The van der Waals surface area contributed by atoms with Gasteiger partial charge >= 0.3 is 0 Å². The van der Waals surface area contributed by atoms with Crippen LogP contribution in [0, 0.1) is 0 Å². The van der Waals surface area contributed by atoms with Crippen molar-refractivity contribution in [3.05, 3.63) is 52.5 Å². The van der Waals surface area contributed by atoms with Gasteiger partial charge in [-0.05, 0) is 36.4 Å². The Hall–Kier alpha value is -1.67. The average molecular weight is 415 g/mol. The van der Waals surface area contributed by atoms with Crippen molar-refractivity contribution in [1.29, 1.82) is 0 Å². The highest BCUT2D eigenvalue weighted by molar-refractivity contribution is 7.91. The Morgan fingerprint density at radius 1 is 1.12 bits per heavy atom. The summed E-state index contributed by atoms with van der Waals surface area (Å²) in [4.78, 5) is 16.4. The summed E-state index contributed by atoms with van der Waals surface area (Å²) in [7, 11) is -3.55. The Morgan fingerprint density at radius 2 is 1.84 bits per heavy atom. The molecule has 1 heterocycles. The molecule has 3 aromatic rings. The van der Waals surface area contributed by atoms with Crippen molar-refractivity contribution in [1.82, 2.24) is 4.98 Å². The number of rotatable bonds is 5. The minimum Gasteiger partial charge on any atom is -0.302 e. The van der Waals surface area contributed by atoms with Crippen molar-refractivity contribution in [2.24, 2.45) is 0 Å². The van der Waals surface area contributed by atoms with Crippen LogP contribution >= 0.6 is 34.5 Å². The third-order valence-corrected chi connectivity index (χ3v) is 6.61. The van der Waals surface area contributed by atoms with Crippen LogP contribution in [0.3, 0.4) is 0 Å². The molecule has 0 unspecified atom stereocenters. The molecule has 1 amide bonds. The van der Waals surface area contributed by atoms with Crippen LogP contribution in [0.15, 0.2) is 47.4 Å². The second kappa shape index (κ2) is 7.29. The van der Waals surface area contributed by atoms with E-state index in [1.807, 2.05) is 6.07 Å². The quantitative estimate of drug-likeness (QED) is 0.670. The van der Waals surface area contributed by atoms with Crippen LogP contribution in [0.2, 0.25) is 10.0 Å². The zero-order valence-electron chi connectivity index (χ0n) is 12.7. The lowest BCUT2D eigenvalue weighted by atomic mass is 10.3. The van der Waals surface area contributed by atoms with Crippen LogP contribution in [0.25, 0.3) is 10.2 Å². The van der Waals surface area contributed by atoms with E-state index in [1.165, 1.54) is 35.6 Å². The van der Waals surface area contributed by atoms with Crippen LogP contribution in [-0.2, 0) is 14.6 Å². The van der Waals surface area contributed by atoms with Gasteiger partial charge in [0.15, 0.2) is 15.0 Å². The molecule has 1 aromatic heterocycles. The molecule has 5 nitrogen and oxygen atoms in total. The summed E-state index contributed by atoms with van der Waals surface area (Å²) in [6.07, 6.45) is -0.172. The van der Waals surface area contributed by atoms with E-state index in [0.717, 1.165) is 4.70 Å². The number of carbonyl (C=O) groups is 1. The summed E-state index contributed by atoms with van der Waals surface area (Å²) in [5, 5.41) is 3.95. The summed E-state index contributed by atoms with van der Waals surface area (Å²) >= 11 is 13.1. The second-order valence-corrected chi connectivity index (χ2v) is 9.16. The monoisotopic (exact) mass is 414 g/mol. The minimum absolute atomic E-state index is 0.136. The molecule has 0 aliphatic rings. The average Bonchev–Trinajstić information content (AvgIpc) is 2.97. The van der Waals surface area contributed by atoms with Gasteiger partial charge in [-0.25, -0.2) is 13.4 Å². The number of anilines is 1. The lowest BCUT2D eigenvalue weighted by Gasteiger charge is -2.04. The zero-order valence-corrected chi connectivity index (χ0v) is 15.8. The molecule has 0 radical (unpaired) electrons. The van der Waals surface area contributed by atoms with Gasteiger partial charge in [-0.1, -0.05) is 40.6 Å². The van der Waals surface area contributed by atoms with E-state index in [4.69, 9.17) is 23.2 Å². The van der Waals surface area contributed by atoms with Crippen molar-refractivity contribution in [2.75, 3.05) is 11.1 Å². The van der Waals surface area contributed by atoms with E-state index < -0.39 is 15.7 Å². The van der Waals surface area contributed by atoms with Crippen molar-refractivity contribution in [3.8, 4) is 0 Å². The van der Waals surface area contributed by atoms with Crippen LogP contribution in [-0.4, -0.2) is 25.1 Å². The molecule has 0 fully saturated rings. The topological polar surface area (TPSA) is 76.1 Å². The van der Waals surface area contributed by atoms with Crippen molar-refractivity contribution in [2.45, 2.75) is 11.3 Å². The fourth-order valence-corrected chi connectivity index (χ4v) is 4.69. The van der Waals surface area contributed by atoms with Gasteiger partial charge in [0.2, 0.25) is 5.91 Å². The number of amides is 1. The number of hydrogen-bond donors (Lipinski definition) is 1. The molecule has 0 saturated carbocycles. The Bertz CT molecular complexity index is 1030. The third kappa shape index (κ3) is 4.30. The van der Waals surface area contributed by atoms with Crippen LogP contribution in [0.1, 0.15) is 6.42 Å². The summed E-state index contributed by atoms with van der Waals surface area (Å²) in [5.41, 5.74) is 0.609. The highest BCUT2D eigenvalue weighted by atomic mass is 35.5. The van der Waals surface area contributed by atoms with Gasteiger partial charge in [0.1, 0.15) is 5.52 Å². The number of nitrogens with zero attached hydrogens (tertiary/aromatic N) is 1. The predicted molar refractivity (Wildman–Crippen MR) is 101 cm³/mol. The number of hydrogen-bond acceptors (Lipinski definition) is 5. The number of benzene rings is 2. The maximum absolute atomic E-state index is 12.2. The van der Waals surface area contributed by atoms with Crippen molar-refractivity contribution >= 4 is 65.6 Å². The first-order chi connectivity index (χ1) is 11.8. The number of sulfone groups is 1. The number of para-hydroxylation sites is 1. The van der Waals surface area contributed by atoms with Gasteiger partial charge in [0.05, 0.1) is 20.4 Å². The number of aromatic nitrogens is 1. The van der Waals surface area contributed by atoms with E-state index in [-0.39, 0.29) is 17.1 Å². The molecular weight excluding hydrogens is 403 g/mol. The molecule has 0 aliphatic carbocycles. The van der Waals surface area contributed by atoms with Gasteiger partial charge in [-0.3, -0.25) is 4.79 Å². The van der Waals surface area contributed by atoms with Crippen molar-refractivity contribution < 1.29 is 13.2 Å². The van der Waals surface area contributed by atoms with E-state index >= 15 is 0 Å². The number of thiazole rings is 1. The smallest absolute Gasteiger partial charge is 0.227 e. The second-order valence-electron chi connectivity index (χ2n) is 5.18. The fraction of sp³-hybridized carbons (Fsp3) is 0.125. The molecule has 1 N–H and O–H groups in total. The molecular formula is C16H12Cl2N2O3S2. The summed E-state index contributed by atoms with van der Waals surface area (Å²) < 4.78 is 25.3. The first kappa shape index (κ1) is 18.1. The molecule has 3 rings (SSSR count). The Kier molecular flexibility index (Phi) is 5.29. The van der Waals surface area contributed by atoms with Crippen LogP contribution < -0.4 is 5.32 Å². The molecule has 2 aromatic carbocycles. The zero-order chi connectivity index (χ0) is 18.0. The molecule has 0 atom stereocenters. The highest BCUT2D eigenvalue weighted by Gasteiger charge is 2.17. The van der Waals surface area contributed by atoms with Gasteiger partial charge in [0, 0.05) is 11.4 Å². The van der Waals surface area contributed by atoms with Gasteiger partial charge in [-0.15, -0.1) is 0 Å². The van der Waals surface area contributed by atoms with Crippen molar-refractivity contribution in [3.63, 3.8) is 0 Å². The Balaban J connectivity index is 1.65. The molecule has 0 bridgehead atoms. The molecule has 0 aliphatic heterocycles. The van der Waals surface area contributed by atoms with E-state index in [2.05, 4.69) is 10.3 Å². The molecule has 9 heteroatoms. The molecule has 0 spiro atoms. The number of fused-ring (bicyclic) bond motifs is 1. The maximum atomic E-state index is 12.2. The first-order valence-corrected chi connectivity index (χ1v) is 10.4. The fourth-order valence-electron chi connectivity index (χ4n) is 2.14. The SMILES string of the molecule is O=C(CCS(=O)(=O)c1ccc(Cl)cc1)Nc1nc2c(Cl)cccc2s1. The van der Waals surface area contributed by atoms with E-state index in [9.17, 15) is 13.2 Å². The molecule has 25 heavy (non-hydrogen) atoms. The summed E-state index contributed by atoms with van der Waals surface area (Å²) in [6, 6.07) is 11.2. The van der Waals surface area contributed by atoms with E-state index in [0.29, 0.717) is 20.7 Å². The third-order valence-electron chi connectivity index (χ3n) is 3.39. The summed E-state index contributed by atoms with van der Waals surface area (Å²) in [6.45, 7) is 0. The maximum Gasteiger partial charge on any atom is 0.227 e. The van der Waals surface area contributed by atoms with E-state index in [1.54, 1.807) is 12.1 Å². The number of halogens is 2. The van der Waals surface area contributed by atoms with Crippen LogP contribution in [0.4, 0.5) is 5.13 Å². The normalized spacial score (nSPS) is 11.6. The largest absolute Gasteiger partial charge is 0.302 e. The van der Waals surface area contributed by atoms with Gasteiger partial charge in [-0.2, -0.15) is 0 Å². The van der Waals surface area contributed by atoms with Crippen LogP contribution in [0.5, 0.6) is 0 Å². The Morgan fingerprint density at radius 3 is 2.52 bits per heavy atom. The summed E-state index contributed by atoms with van der Waals surface area (Å²) in [5.74, 6) is -0.723. The Labute approximate surface area is 158 Å². The molecule has 130 valence electrons. The number of carbonyl (C=O) groups excluding carboxylic acids is 1. The molecule has 0 saturated heterocycles. The van der Waals surface area contributed by atoms with Gasteiger partial charge in [0.25, 0.3) is 0 Å². The standard InChI is InChI=1S/C16H12Cl2N2O3S2/c17-10-4-6-11(7-5-10)25(22,23)9-8-14(21)19-16-20-15-12(18)2-1-3-13(15)24-16/h1-7H,8-9H2,(H,19,20,21). The first-order valence-electron chi connectivity index (χ1n) is 7.18. The number of nitrogens with one attached hydrogen (secondary N) is 1. The highest BCUT2D eigenvalue weighted by Crippen LogP contribution is 2.30. The lowest BCUT2D eigenvalue weighted by molar-refractivity contribution is -0.115. The minimum atomic E-state index is -3.55. The predicted octanol–water partition coefficient (Wildman–Crippen LogP) is 4.41. The lowest BCUT2D eigenvalue weighted by Crippen LogP contribution is -2.17. The van der Waals surface area contributed by atoms with Gasteiger partial charge < -0.3 is 5.32 Å².